The molecule has 0 spiro atoms. The molecule has 2 heterocycles. The van der Waals surface area contributed by atoms with Crippen molar-refractivity contribution in [3.8, 4) is 11.5 Å². The highest BCUT2D eigenvalue weighted by atomic mass is 32.1. The van der Waals surface area contributed by atoms with Gasteiger partial charge in [0, 0.05) is 34.2 Å². The first-order valence-corrected chi connectivity index (χ1v) is 14.4. The van der Waals surface area contributed by atoms with Gasteiger partial charge in [-0.2, -0.15) is 0 Å². The van der Waals surface area contributed by atoms with E-state index in [-0.39, 0.29) is 11.3 Å². The van der Waals surface area contributed by atoms with E-state index in [4.69, 9.17) is 9.47 Å². The van der Waals surface area contributed by atoms with Gasteiger partial charge in [-0.3, -0.25) is 19.8 Å². The van der Waals surface area contributed by atoms with E-state index in [0.29, 0.717) is 27.6 Å². The number of urea groups is 1. The number of rotatable bonds is 9. The number of aliphatic carboxylic acids is 1. The Morgan fingerprint density at radius 2 is 1.52 bits per heavy atom. The smallest absolute Gasteiger partial charge is 0.330 e. The van der Waals surface area contributed by atoms with Crippen molar-refractivity contribution in [3.63, 3.8) is 0 Å². The Morgan fingerprint density at radius 1 is 0.932 bits per heavy atom. The maximum atomic E-state index is 14.5. The second-order valence-electron chi connectivity index (χ2n) is 10.4. The highest BCUT2D eigenvalue weighted by Gasteiger charge is 2.65. The zero-order valence-electron chi connectivity index (χ0n) is 24.0. The molecule has 1 aromatic heterocycles. The monoisotopic (exact) mass is 615 g/mol. The Hall–Kier alpha value is -5.23. The quantitative estimate of drug-likeness (QED) is 0.125. The number of nitro groups is 1. The molecule has 4 unspecified atom stereocenters. The molecule has 226 valence electrons. The summed E-state index contributed by atoms with van der Waals surface area (Å²) in [7, 11) is 3.02. The fourth-order valence-corrected chi connectivity index (χ4v) is 6.87. The molecule has 12 heteroatoms. The molecule has 1 aliphatic rings. The van der Waals surface area contributed by atoms with Gasteiger partial charge >= 0.3 is 12.0 Å². The molecule has 11 nitrogen and oxygen atoms in total. The number of Topliss-reactive ketones (excluding diaryl/α,β-unsaturated/α-hetero) is 1. The number of anilines is 1. The molecule has 44 heavy (non-hydrogen) atoms. The van der Waals surface area contributed by atoms with Crippen molar-refractivity contribution in [2.75, 3.05) is 19.5 Å². The van der Waals surface area contributed by atoms with Crippen molar-refractivity contribution in [2.45, 2.75) is 24.4 Å². The number of carboxylic acid groups (broad SMARTS) is 1. The number of amides is 2. The third-order valence-electron chi connectivity index (χ3n) is 8.05. The number of hydrogen-bond acceptors (Lipinski definition) is 8. The molecule has 1 aliphatic heterocycles. The third-order valence-corrected chi connectivity index (χ3v) is 9.00. The SMILES string of the molecule is COc1ccc(NC(=O)N2C(c3ccc(OC)cc3)C(C(=O)c3ccc([N+](=O)[O-])cc3)C(c3cccs3)C2(C)C(=O)O)cc1. The van der Waals surface area contributed by atoms with Gasteiger partial charge < -0.3 is 19.9 Å². The number of carbonyl (C=O) groups excluding carboxylic acids is 2. The average molecular weight is 616 g/mol. The summed E-state index contributed by atoms with van der Waals surface area (Å²) in [5, 5.41) is 26.8. The normalized spacial score (nSPS) is 21.0. The van der Waals surface area contributed by atoms with Crippen molar-refractivity contribution >= 4 is 40.5 Å². The van der Waals surface area contributed by atoms with E-state index < -0.39 is 46.1 Å². The van der Waals surface area contributed by atoms with Crippen LogP contribution in [0.4, 0.5) is 16.2 Å². The van der Waals surface area contributed by atoms with Gasteiger partial charge in [0.15, 0.2) is 5.78 Å². The number of nitrogens with zero attached hydrogens (tertiary/aromatic N) is 2. The molecule has 1 fully saturated rings. The van der Waals surface area contributed by atoms with E-state index in [9.17, 15) is 29.6 Å². The number of thiophene rings is 1. The fourth-order valence-electron chi connectivity index (χ4n) is 5.88. The van der Waals surface area contributed by atoms with Crippen LogP contribution in [0.25, 0.3) is 0 Å². The van der Waals surface area contributed by atoms with Crippen LogP contribution in [0.1, 0.15) is 39.7 Å². The first kappa shape index (κ1) is 30.2. The second-order valence-corrected chi connectivity index (χ2v) is 11.4. The summed E-state index contributed by atoms with van der Waals surface area (Å²) < 4.78 is 10.5. The minimum absolute atomic E-state index is 0.158. The Morgan fingerprint density at radius 3 is 2.02 bits per heavy atom. The van der Waals surface area contributed by atoms with E-state index in [1.165, 1.54) is 61.6 Å². The molecule has 2 amide bonds. The molecule has 3 aromatic carbocycles. The average Bonchev–Trinajstić information content (AvgIpc) is 3.66. The Kier molecular flexibility index (Phi) is 8.36. The molecule has 0 radical (unpaired) electrons. The largest absolute Gasteiger partial charge is 0.497 e. The maximum absolute atomic E-state index is 14.5. The zero-order valence-corrected chi connectivity index (χ0v) is 24.8. The van der Waals surface area contributed by atoms with Gasteiger partial charge in [0.2, 0.25) is 0 Å². The number of ketones is 1. The molecule has 0 saturated carbocycles. The van der Waals surface area contributed by atoms with Crippen LogP contribution >= 0.6 is 11.3 Å². The van der Waals surface area contributed by atoms with Crippen LogP contribution in [0.3, 0.4) is 0 Å². The standard InChI is InChI=1S/C32H29N3O8S/c1-32(30(37)38)27(25-5-4-18-44-25)26(29(36)20-6-12-22(13-7-20)35(40)41)28(19-8-14-23(42-2)15-9-19)34(32)31(39)33-21-10-16-24(43-3)17-11-21/h4-18,26-28H,1-3H3,(H,33,39)(H,37,38). The van der Waals surface area contributed by atoms with Crippen LogP contribution in [-0.4, -0.2) is 52.5 Å². The lowest BCUT2D eigenvalue weighted by atomic mass is 9.74. The molecule has 2 N–H and O–H groups in total. The molecular weight excluding hydrogens is 586 g/mol. The van der Waals surface area contributed by atoms with E-state index >= 15 is 0 Å². The highest BCUT2D eigenvalue weighted by molar-refractivity contribution is 7.10. The van der Waals surface area contributed by atoms with Gasteiger partial charge in [-0.05, 0) is 72.5 Å². The number of carbonyl (C=O) groups is 3. The second kappa shape index (κ2) is 12.2. The lowest BCUT2D eigenvalue weighted by Crippen LogP contribution is -2.55. The van der Waals surface area contributed by atoms with Gasteiger partial charge in [0.1, 0.15) is 17.0 Å². The molecule has 0 aliphatic carbocycles. The number of non-ortho nitro benzene ring substituents is 1. The Bertz CT molecular complexity index is 1670. The summed E-state index contributed by atoms with van der Waals surface area (Å²) in [4.78, 5) is 54.6. The Balaban J connectivity index is 1.71. The Labute approximate surface area is 256 Å². The maximum Gasteiger partial charge on any atom is 0.330 e. The topological polar surface area (TPSA) is 148 Å². The van der Waals surface area contributed by atoms with Crippen LogP contribution in [0, 0.1) is 16.0 Å². The molecule has 4 aromatic rings. The van der Waals surface area contributed by atoms with Crippen molar-refractivity contribution in [1.82, 2.24) is 4.90 Å². The van der Waals surface area contributed by atoms with Crippen LogP contribution in [-0.2, 0) is 4.79 Å². The van der Waals surface area contributed by atoms with Crippen LogP contribution in [0.2, 0.25) is 0 Å². The van der Waals surface area contributed by atoms with Crippen LogP contribution in [0.5, 0.6) is 11.5 Å². The van der Waals surface area contributed by atoms with Gasteiger partial charge in [-0.1, -0.05) is 18.2 Å². The summed E-state index contributed by atoms with van der Waals surface area (Å²) in [6, 6.07) is 20.3. The van der Waals surface area contributed by atoms with Gasteiger partial charge in [0.25, 0.3) is 5.69 Å². The number of carboxylic acids is 1. The number of likely N-dealkylation sites (tertiary alicyclic amines) is 1. The van der Waals surface area contributed by atoms with E-state index in [1.807, 2.05) is 0 Å². The number of methoxy groups -OCH3 is 2. The van der Waals surface area contributed by atoms with Crippen molar-refractivity contribution in [3.05, 3.63) is 116 Å². The number of benzene rings is 3. The fraction of sp³-hybridized carbons (Fsp3) is 0.219. The number of nitrogens with one attached hydrogen (secondary N) is 1. The van der Waals surface area contributed by atoms with Crippen LogP contribution in [0.15, 0.2) is 90.3 Å². The predicted molar refractivity (Wildman–Crippen MR) is 164 cm³/mol. The molecule has 5 rings (SSSR count). The summed E-state index contributed by atoms with van der Waals surface area (Å²) >= 11 is 1.29. The molecule has 1 saturated heterocycles. The summed E-state index contributed by atoms with van der Waals surface area (Å²) in [5.74, 6) is -2.69. The predicted octanol–water partition coefficient (Wildman–Crippen LogP) is 6.39. The van der Waals surface area contributed by atoms with E-state index in [1.54, 1.807) is 66.0 Å². The van der Waals surface area contributed by atoms with Gasteiger partial charge in [-0.25, -0.2) is 9.59 Å². The number of ether oxygens (including phenoxy) is 2. The first-order chi connectivity index (χ1) is 21.1. The van der Waals surface area contributed by atoms with Crippen molar-refractivity contribution < 1.29 is 33.9 Å². The number of hydrogen-bond donors (Lipinski definition) is 2. The first-order valence-electron chi connectivity index (χ1n) is 13.5. The van der Waals surface area contributed by atoms with E-state index in [2.05, 4.69) is 5.32 Å². The lowest BCUT2D eigenvalue weighted by molar-refractivity contribution is -0.384. The molecular formula is C32H29N3O8S. The highest BCUT2D eigenvalue weighted by Crippen LogP contribution is 2.57. The van der Waals surface area contributed by atoms with Crippen molar-refractivity contribution in [1.29, 1.82) is 0 Å². The minimum atomic E-state index is -1.90. The zero-order chi connectivity index (χ0) is 31.6. The van der Waals surface area contributed by atoms with Gasteiger partial charge in [0.05, 0.1) is 31.1 Å². The summed E-state index contributed by atoms with van der Waals surface area (Å²) in [6.45, 7) is 1.45. The summed E-state index contributed by atoms with van der Waals surface area (Å²) in [5.41, 5.74) is -1.01. The van der Waals surface area contributed by atoms with Crippen molar-refractivity contribution in [2.24, 2.45) is 5.92 Å². The molecule has 4 atom stereocenters. The van der Waals surface area contributed by atoms with Gasteiger partial charge in [-0.15, -0.1) is 11.3 Å². The number of nitro benzene ring substituents is 1. The minimum Gasteiger partial charge on any atom is -0.497 e. The van der Waals surface area contributed by atoms with E-state index in [0.717, 1.165) is 0 Å². The third kappa shape index (κ3) is 5.35. The summed E-state index contributed by atoms with van der Waals surface area (Å²) in [6.07, 6.45) is 0. The molecule has 0 bridgehead atoms. The lowest BCUT2D eigenvalue weighted by Gasteiger charge is -2.37. The van der Waals surface area contributed by atoms with Crippen LogP contribution < -0.4 is 14.8 Å².